The lowest BCUT2D eigenvalue weighted by atomic mass is 9.78. The summed E-state index contributed by atoms with van der Waals surface area (Å²) in [5, 5.41) is 17.5. The number of nitrogens with zero attached hydrogens (tertiary/aromatic N) is 2. The molecule has 3 N–H and O–H groups in total. The molecular weight excluding hydrogens is 360 g/mol. The molecule has 1 heterocycles. The van der Waals surface area contributed by atoms with Gasteiger partial charge in [0, 0.05) is 11.6 Å². The summed E-state index contributed by atoms with van der Waals surface area (Å²) in [6, 6.07) is 9.39. The van der Waals surface area contributed by atoms with Gasteiger partial charge < -0.3 is 5.32 Å². The molecule has 0 bridgehead atoms. The van der Waals surface area contributed by atoms with Crippen LogP contribution in [0.5, 0.6) is 0 Å². The number of sulfonamides is 1. The first kappa shape index (κ1) is 19.8. The van der Waals surface area contributed by atoms with Crippen LogP contribution in [0.2, 0.25) is 0 Å². The lowest BCUT2D eigenvalue weighted by Gasteiger charge is -2.34. The van der Waals surface area contributed by atoms with Crippen LogP contribution in [0.15, 0.2) is 35.2 Å². The lowest BCUT2D eigenvalue weighted by Crippen LogP contribution is -2.35. The zero-order valence-electron chi connectivity index (χ0n) is 16.1. The number of nitrogens with one attached hydrogen (secondary N) is 1. The number of benzene rings is 1. The largest absolute Gasteiger partial charge is 0.366 e. The molecule has 1 aromatic heterocycles. The first-order chi connectivity index (χ1) is 12.8. The highest BCUT2D eigenvalue weighted by molar-refractivity contribution is 7.89. The Morgan fingerprint density at radius 3 is 2.56 bits per heavy atom. The van der Waals surface area contributed by atoms with Crippen molar-refractivity contribution in [3.63, 3.8) is 0 Å². The van der Waals surface area contributed by atoms with Crippen molar-refractivity contribution in [1.82, 2.24) is 10.2 Å². The van der Waals surface area contributed by atoms with Gasteiger partial charge >= 0.3 is 0 Å². The van der Waals surface area contributed by atoms with Crippen molar-refractivity contribution in [2.24, 2.45) is 17.0 Å². The van der Waals surface area contributed by atoms with Gasteiger partial charge in [0.25, 0.3) is 0 Å². The number of nitrogens with two attached hydrogens (primary N) is 1. The lowest BCUT2D eigenvalue weighted by molar-refractivity contribution is 0.253. The van der Waals surface area contributed by atoms with E-state index in [9.17, 15) is 8.42 Å². The Labute approximate surface area is 161 Å². The first-order valence-corrected chi connectivity index (χ1v) is 11.1. The number of aryl methyl sites for hydroxylation is 1. The Morgan fingerprint density at radius 2 is 1.93 bits per heavy atom. The third-order valence-electron chi connectivity index (χ3n) is 5.76. The SMILES string of the molecule is CCc1ccc(-c2ccc(N[C@@H]3CCC[C@H](C)[C@@H]3C)nn2)cc1S(N)(=O)=O. The summed E-state index contributed by atoms with van der Waals surface area (Å²) in [5.74, 6) is 2.05. The van der Waals surface area contributed by atoms with Gasteiger partial charge in [-0.15, -0.1) is 10.2 Å². The van der Waals surface area contributed by atoms with Gasteiger partial charge in [0.05, 0.1) is 10.6 Å². The zero-order chi connectivity index (χ0) is 19.6. The van der Waals surface area contributed by atoms with E-state index in [0.29, 0.717) is 41.1 Å². The van der Waals surface area contributed by atoms with Crippen molar-refractivity contribution in [3.8, 4) is 11.3 Å². The molecule has 0 aliphatic heterocycles. The molecule has 0 amide bonds. The molecule has 0 saturated heterocycles. The molecule has 1 aromatic carbocycles. The van der Waals surface area contributed by atoms with Crippen LogP contribution in [0.1, 0.15) is 45.6 Å². The molecule has 0 spiro atoms. The third-order valence-corrected chi connectivity index (χ3v) is 6.75. The maximum atomic E-state index is 11.9. The van der Waals surface area contributed by atoms with Crippen LogP contribution < -0.4 is 10.5 Å². The highest BCUT2D eigenvalue weighted by atomic mass is 32.2. The van der Waals surface area contributed by atoms with E-state index in [1.54, 1.807) is 12.1 Å². The van der Waals surface area contributed by atoms with Crippen molar-refractivity contribution in [2.75, 3.05) is 5.32 Å². The van der Waals surface area contributed by atoms with E-state index in [-0.39, 0.29) is 4.90 Å². The minimum atomic E-state index is -3.78. The Hall–Kier alpha value is -1.99. The number of rotatable bonds is 5. The molecule has 146 valence electrons. The van der Waals surface area contributed by atoms with Crippen LogP contribution in [0.3, 0.4) is 0 Å². The maximum absolute atomic E-state index is 11.9. The van der Waals surface area contributed by atoms with E-state index in [1.165, 1.54) is 12.8 Å². The number of anilines is 1. The first-order valence-electron chi connectivity index (χ1n) is 9.56. The smallest absolute Gasteiger partial charge is 0.238 e. The van der Waals surface area contributed by atoms with Crippen molar-refractivity contribution < 1.29 is 8.42 Å². The van der Waals surface area contributed by atoms with Gasteiger partial charge in [-0.3, -0.25) is 0 Å². The normalized spacial score (nSPS) is 23.2. The highest BCUT2D eigenvalue weighted by Crippen LogP contribution is 2.31. The quantitative estimate of drug-likeness (QED) is 0.816. The van der Waals surface area contributed by atoms with E-state index in [0.717, 1.165) is 12.2 Å². The molecule has 0 radical (unpaired) electrons. The van der Waals surface area contributed by atoms with Gasteiger partial charge in [-0.1, -0.05) is 45.7 Å². The van der Waals surface area contributed by atoms with Gasteiger partial charge in [-0.25, -0.2) is 13.6 Å². The van der Waals surface area contributed by atoms with Gasteiger partial charge in [0.15, 0.2) is 0 Å². The minimum absolute atomic E-state index is 0.150. The van der Waals surface area contributed by atoms with E-state index < -0.39 is 10.0 Å². The number of hydrogen-bond donors (Lipinski definition) is 2. The van der Waals surface area contributed by atoms with Crippen molar-refractivity contribution in [2.45, 2.75) is 57.4 Å². The van der Waals surface area contributed by atoms with Crippen LogP contribution in [-0.4, -0.2) is 24.7 Å². The topological polar surface area (TPSA) is 98.0 Å². The second kappa shape index (κ2) is 7.94. The van der Waals surface area contributed by atoms with Crippen molar-refractivity contribution >= 4 is 15.8 Å². The zero-order valence-corrected chi connectivity index (χ0v) is 17.0. The second-order valence-electron chi connectivity index (χ2n) is 7.54. The maximum Gasteiger partial charge on any atom is 0.238 e. The summed E-state index contributed by atoms with van der Waals surface area (Å²) < 4.78 is 23.7. The standard InChI is InChI=1S/C20H28N4O2S/c1-4-15-8-9-16(12-19(15)27(21,25)26)18-10-11-20(24-23-18)22-17-7-5-6-13(2)14(17)3/h8-14,17H,4-7H2,1-3H3,(H,22,24)(H2,21,25,26)/t13-,14-,17+/m0/s1. The van der Waals surface area contributed by atoms with Crippen LogP contribution in [0.4, 0.5) is 5.82 Å². The predicted octanol–water partition coefficient (Wildman–Crippen LogP) is 3.59. The van der Waals surface area contributed by atoms with E-state index >= 15 is 0 Å². The Balaban J connectivity index is 1.81. The fraction of sp³-hybridized carbons (Fsp3) is 0.500. The Kier molecular flexibility index (Phi) is 5.81. The molecule has 0 unspecified atom stereocenters. The molecule has 1 fully saturated rings. The number of primary sulfonamides is 1. The fourth-order valence-corrected chi connectivity index (χ4v) is 4.68. The van der Waals surface area contributed by atoms with Crippen molar-refractivity contribution in [3.05, 3.63) is 35.9 Å². The Bertz CT molecular complexity index is 897. The minimum Gasteiger partial charge on any atom is -0.366 e. The van der Waals surface area contributed by atoms with Gasteiger partial charge in [0.2, 0.25) is 10.0 Å². The average molecular weight is 389 g/mol. The number of aromatic nitrogens is 2. The molecule has 1 aliphatic carbocycles. The van der Waals surface area contributed by atoms with Crippen LogP contribution in [-0.2, 0) is 16.4 Å². The van der Waals surface area contributed by atoms with E-state index in [4.69, 9.17) is 5.14 Å². The summed E-state index contributed by atoms with van der Waals surface area (Å²) in [6.07, 6.45) is 4.25. The molecule has 6 nitrogen and oxygen atoms in total. The van der Waals surface area contributed by atoms with Crippen LogP contribution in [0, 0.1) is 11.8 Å². The van der Waals surface area contributed by atoms with Crippen molar-refractivity contribution in [1.29, 1.82) is 0 Å². The molecule has 1 saturated carbocycles. The molecule has 27 heavy (non-hydrogen) atoms. The summed E-state index contributed by atoms with van der Waals surface area (Å²) in [7, 11) is -3.78. The van der Waals surface area contributed by atoms with E-state index in [2.05, 4.69) is 29.4 Å². The third kappa shape index (κ3) is 4.47. The molecule has 1 aliphatic rings. The highest BCUT2D eigenvalue weighted by Gasteiger charge is 2.27. The molecule has 3 rings (SSSR count). The summed E-state index contributed by atoms with van der Waals surface area (Å²) in [6.45, 7) is 6.49. The van der Waals surface area contributed by atoms with Crippen LogP contribution >= 0.6 is 0 Å². The molecule has 2 aromatic rings. The van der Waals surface area contributed by atoms with Gasteiger partial charge in [-0.05, 0) is 48.4 Å². The summed E-state index contributed by atoms with van der Waals surface area (Å²) >= 11 is 0. The van der Waals surface area contributed by atoms with Gasteiger partial charge in [0.1, 0.15) is 5.82 Å². The second-order valence-corrected chi connectivity index (χ2v) is 9.07. The monoisotopic (exact) mass is 388 g/mol. The summed E-state index contributed by atoms with van der Waals surface area (Å²) in [5.41, 5.74) is 2.01. The number of hydrogen-bond acceptors (Lipinski definition) is 5. The molecule has 7 heteroatoms. The molecular formula is C20H28N4O2S. The van der Waals surface area contributed by atoms with Crippen LogP contribution in [0.25, 0.3) is 11.3 Å². The van der Waals surface area contributed by atoms with E-state index in [1.807, 2.05) is 25.1 Å². The van der Waals surface area contributed by atoms with Gasteiger partial charge in [-0.2, -0.15) is 0 Å². The summed E-state index contributed by atoms with van der Waals surface area (Å²) in [4.78, 5) is 0.150. The molecule has 3 atom stereocenters. The fourth-order valence-electron chi connectivity index (χ4n) is 3.81. The average Bonchev–Trinajstić information content (AvgIpc) is 2.65. The Morgan fingerprint density at radius 1 is 1.15 bits per heavy atom. The predicted molar refractivity (Wildman–Crippen MR) is 108 cm³/mol.